The number of hydrogen-bond acceptors (Lipinski definition) is 19. The van der Waals surface area contributed by atoms with E-state index in [2.05, 4.69) is 21.3 Å². The van der Waals surface area contributed by atoms with Gasteiger partial charge in [-0.1, -0.05) is 12.1 Å². The van der Waals surface area contributed by atoms with Crippen molar-refractivity contribution in [3.8, 4) is 5.75 Å². The van der Waals surface area contributed by atoms with E-state index in [1.54, 1.807) is 19.2 Å². The zero-order valence-electron chi connectivity index (χ0n) is 39.4. The number of ether oxygens (including phenoxy) is 10. The van der Waals surface area contributed by atoms with Gasteiger partial charge in [-0.3, -0.25) is 43.8 Å². The topological polar surface area (TPSA) is 306 Å². The number of carbonyl (C=O) groups is 7. The van der Waals surface area contributed by atoms with Crippen LogP contribution in [-0.2, 0) is 78.0 Å². The number of nitro groups is 1. The molecule has 0 radical (unpaired) electrons. The van der Waals surface area contributed by atoms with E-state index in [9.17, 15) is 43.7 Å². The third-order valence-corrected chi connectivity index (χ3v) is 9.42. The van der Waals surface area contributed by atoms with Crippen molar-refractivity contribution in [2.75, 3.05) is 118 Å². The Labute approximate surface area is 404 Å². The fraction of sp³-hybridized carbons (Fsp3) is 0.533. The minimum atomic E-state index is -1.51. The molecule has 0 fully saturated rings. The van der Waals surface area contributed by atoms with Crippen LogP contribution in [0.2, 0.25) is 0 Å². The molecule has 3 atom stereocenters. The van der Waals surface area contributed by atoms with Crippen molar-refractivity contribution in [1.82, 2.24) is 20.9 Å². The number of anilines is 1. The molecule has 1 aliphatic rings. The van der Waals surface area contributed by atoms with Gasteiger partial charge in [-0.15, -0.1) is 0 Å². The maximum Gasteiger partial charge on any atom is 0.514 e. The van der Waals surface area contributed by atoms with Gasteiger partial charge in [0.2, 0.25) is 23.6 Å². The molecule has 0 saturated carbocycles. The van der Waals surface area contributed by atoms with Crippen LogP contribution in [0, 0.1) is 10.1 Å². The summed E-state index contributed by atoms with van der Waals surface area (Å²) in [5, 5.41) is 20.8. The van der Waals surface area contributed by atoms with Crippen LogP contribution in [0.4, 0.5) is 16.2 Å². The maximum atomic E-state index is 13.4. The summed E-state index contributed by atoms with van der Waals surface area (Å²) in [7, 11) is 1.62. The Bertz CT molecular complexity index is 1970. The van der Waals surface area contributed by atoms with Crippen molar-refractivity contribution in [3.05, 3.63) is 76.4 Å². The van der Waals surface area contributed by atoms with Crippen LogP contribution in [0.15, 0.2) is 60.7 Å². The molecule has 0 aromatic heterocycles. The molecule has 4 N–H and O–H groups in total. The number of hydrogen-bond donors (Lipinski definition) is 4. The number of nitrogens with one attached hydrogen (secondary N) is 4. The summed E-state index contributed by atoms with van der Waals surface area (Å²) in [5.74, 6) is -4.36. The van der Waals surface area contributed by atoms with Gasteiger partial charge in [0.1, 0.15) is 30.5 Å². The van der Waals surface area contributed by atoms with Gasteiger partial charge in [0.25, 0.3) is 17.5 Å². The van der Waals surface area contributed by atoms with Gasteiger partial charge in [0.15, 0.2) is 0 Å². The number of benzene rings is 2. The average Bonchev–Trinajstić information content (AvgIpc) is 3.67. The average molecular weight is 991 g/mol. The number of nitrogens with zero attached hydrogens (tertiary/aromatic N) is 2. The van der Waals surface area contributed by atoms with E-state index in [4.69, 9.17) is 47.4 Å². The van der Waals surface area contributed by atoms with Crippen LogP contribution >= 0.6 is 0 Å². The zero-order valence-corrected chi connectivity index (χ0v) is 39.4. The molecule has 1 unspecified atom stereocenters. The van der Waals surface area contributed by atoms with Gasteiger partial charge < -0.3 is 68.6 Å². The zero-order chi connectivity index (χ0) is 50.9. The Morgan fingerprint density at radius 2 is 1.07 bits per heavy atom. The fourth-order valence-electron chi connectivity index (χ4n) is 5.67. The van der Waals surface area contributed by atoms with Crippen LogP contribution in [-0.4, -0.2) is 182 Å². The predicted molar refractivity (Wildman–Crippen MR) is 244 cm³/mol. The van der Waals surface area contributed by atoms with E-state index in [0.717, 1.165) is 12.2 Å². The molecule has 386 valence electrons. The van der Waals surface area contributed by atoms with Crippen LogP contribution in [0.5, 0.6) is 5.75 Å². The first-order valence-corrected chi connectivity index (χ1v) is 22.2. The highest BCUT2D eigenvalue weighted by atomic mass is 16.7. The lowest BCUT2D eigenvalue weighted by molar-refractivity contribution is -0.384. The highest BCUT2D eigenvalue weighted by Crippen LogP contribution is 2.18. The Morgan fingerprint density at radius 3 is 1.56 bits per heavy atom. The normalized spacial score (nSPS) is 13.3. The first-order chi connectivity index (χ1) is 33.8. The van der Waals surface area contributed by atoms with Crippen molar-refractivity contribution in [3.63, 3.8) is 0 Å². The van der Waals surface area contributed by atoms with E-state index < -0.39 is 71.2 Å². The Kier molecular flexibility index (Phi) is 28.1. The number of imide groups is 1. The van der Waals surface area contributed by atoms with Crippen molar-refractivity contribution in [2.45, 2.75) is 45.0 Å². The molecule has 6 amide bonds. The Hall–Kier alpha value is -6.45. The molecular weight excluding hydrogens is 929 g/mol. The van der Waals surface area contributed by atoms with Gasteiger partial charge in [-0.2, -0.15) is 0 Å². The fourth-order valence-corrected chi connectivity index (χ4v) is 5.67. The van der Waals surface area contributed by atoms with Gasteiger partial charge in [0.05, 0.1) is 104 Å². The maximum absolute atomic E-state index is 13.4. The molecule has 3 rings (SSSR count). The standard InChI is InChI=1S/C45H62N6O19/c1-32(42(55)47-33(2)43(56)49-35-6-4-34(5-7-35)31-69-45(58)70-37-10-8-36(9-11-37)51(59)60)48-44(57)38(50-40(53)12-13-41(50)54)30-46-39(52)14-15-62-18-19-64-22-23-66-26-27-68-29-28-67-25-24-65-21-20-63-17-16-61-3/h4-13,32-33,38H,14-31H2,1-3H3,(H,46,52)(H,47,55)(H,48,57)(H,49,56)/t32-,33-,38?/m0/s1. The summed E-state index contributed by atoms with van der Waals surface area (Å²) in [5.41, 5.74) is 0.703. The highest BCUT2D eigenvalue weighted by Gasteiger charge is 2.37. The lowest BCUT2D eigenvalue weighted by Crippen LogP contribution is -2.58. The number of non-ortho nitro benzene ring substituents is 1. The van der Waals surface area contributed by atoms with E-state index in [0.29, 0.717) is 95.4 Å². The van der Waals surface area contributed by atoms with Gasteiger partial charge >= 0.3 is 6.16 Å². The number of amides is 6. The highest BCUT2D eigenvalue weighted by molar-refractivity contribution is 6.15. The smallest absolute Gasteiger partial charge is 0.429 e. The molecular formula is C45H62N6O19. The third kappa shape index (κ3) is 23.7. The van der Waals surface area contributed by atoms with Crippen LogP contribution in [0.3, 0.4) is 0 Å². The number of methoxy groups -OCH3 is 1. The van der Waals surface area contributed by atoms with Gasteiger partial charge in [-0.25, -0.2) is 4.79 Å². The number of carbonyl (C=O) groups excluding carboxylic acids is 7. The molecule has 0 spiro atoms. The van der Waals surface area contributed by atoms with Crippen LogP contribution in [0.25, 0.3) is 0 Å². The minimum Gasteiger partial charge on any atom is -0.429 e. The molecule has 2 aromatic carbocycles. The quantitative estimate of drug-likeness (QED) is 0.0182. The molecule has 2 aromatic rings. The molecule has 70 heavy (non-hydrogen) atoms. The summed E-state index contributed by atoms with van der Waals surface area (Å²) in [6.07, 6.45) is 0.805. The second-order valence-electron chi connectivity index (χ2n) is 14.8. The second kappa shape index (κ2) is 33.9. The predicted octanol–water partition coefficient (Wildman–Crippen LogP) is 0.821. The Balaban J connectivity index is 1.26. The molecule has 25 nitrogen and oxygen atoms in total. The third-order valence-electron chi connectivity index (χ3n) is 9.42. The van der Waals surface area contributed by atoms with Crippen molar-refractivity contribution in [2.24, 2.45) is 0 Å². The van der Waals surface area contributed by atoms with Crippen LogP contribution in [0.1, 0.15) is 25.8 Å². The molecule has 25 heteroatoms. The molecule has 0 bridgehead atoms. The monoisotopic (exact) mass is 990 g/mol. The van der Waals surface area contributed by atoms with E-state index in [-0.39, 0.29) is 44.3 Å². The lowest BCUT2D eigenvalue weighted by Gasteiger charge is -2.27. The van der Waals surface area contributed by atoms with Gasteiger partial charge in [0, 0.05) is 50.0 Å². The summed E-state index contributed by atoms with van der Waals surface area (Å²) in [6, 6.07) is 7.16. The second-order valence-corrected chi connectivity index (χ2v) is 14.8. The molecule has 1 heterocycles. The minimum absolute atomic E-state index is 0.0144. The van der Waals surface area contributed by atoms with Crippen molar-refractivity contribution in [1.29, 1.82) is 0 Å². The van der Waals surface area contributed by atoms with Gasteiger partial charge in [-0.05, 0) is 43.7 Å². The van der Waals surface area contributed by atoms with Crippen molar-refractivity contribution < 1.29 is 85.9 Å². The summed E-state index contributed by atoms with van der Waals surface area (Å²) >= 11 is 0. The molecule has 0 saturated heterocycles. The van der Waals surface area contributed by atoms with Crippen LogP contribution < -0.4 is 26.0 Å². The van der Waals surface area contributed by atoms with E-state index in [1.165, 1.54) is 50.2 Å². The molecule has 0 aliphatic carbocycles. The SMILES string of the molecule is COCCOCCOCCOCCOCCOCCOCCOCCC(=O)NCC(C(=O)N[C@@H](C)C(=O)N[C@@H](C)C(=O)Nc1ccc(COC(=O)Oc2ccc([N+](=O)[O-])cc2)cc1)N1C(=O)C=CC1=O. The number of rotatable bonds is 37. The largest absolute Gasteiger partial charge is 0.514 e. The first kappa shape index (κ1) is 57.9. The number of nitro benzene ring substituents is 1. The van der Waals surface area contributed by atoms with E-state index in [1.807, 2.05) is 0 Å². The first-order valence-electron chi connectivity index (χ1n) is 22.2. The molecule has 1 aliphatic heterocycles. The summed E-state index contributed by atoms with van der Waals surface area (Å²) < 4.78 is 52.9. The Morgan fingerprint density at radius 1 is 0.614 bits per heavy atom. The lowest BCUT2D eigenvalue weighted by atomic mass is 10.2. The van der Waals surface area contributed by atoms with Crippen molar-refractivity contribution >= 4 is 53.0 Å². The van der Waals surface area contributed by atoms with E-state index >= 15 is 0 Å². The summed E-state index contributed by atoms with van der Waals surface area (Å²) in [6.45, 7) is 7.86. The summed E-state index contributed by atoms with van der Waals surface area (Å²) in [4.78, 5) is 99.8.